The van der Waals surface area contributed by atoms with Gasteiger partial charge in [-0.15, -0.1) is 11.3 Å². The van der Waals surface area contributed by atoms with Gasteiger partial charge in [0.05, 0.1) is 19.6 Å². The third-order valence-electron chi connectivity index (χ3n) is 3.61. The molecule has 21 heavy (non-hydrogen) atoms. The minimum atomic E-state index is -0.194. The molecule has 0 fully saturated rings. The van der Waals surface area contributed by atoms with Gasteiger partial charge in [-0.25, -0.2) is 0 Å². The Kier molecular flexibility index (Phi) is 5.53. The lowest BCUT2D eigenvalue weighted by molar-refractivity contribution is -0.141. The molecule has 2 rings (SSSR count). The monoisotopic (exact) mass is 303 g/mol. The minimum absolute atomic E-state index is 0.000871. The lowest BCUT2D eigenvalue weighted by atomic mass is 10.1. The molecule has 1 heterocycles. The molecule has 112 valence electrons. The van der Waals surface area contributed by atoms with E-state index in [9.17, 15) is 4.79 Å². The SMILES string of the molecule is COC(=O)CC(NCc1ccc(C)c(C)c1)c1cccs1. The van der Waals surface area contributed by atoms with Gasteiger partial charge >= 0.3 is 5.97 Å². The van der Waals surface area contributed by atoms with Crippen molar-refractivity contribution < 1.29 is 9.53 Å². The molecule has 0 bridgehead atoms. The summed E-state index contributed by atoms with van der Waals surface area (Å²) in [7, 11) is 1.43. The first-order valence-corrected chi connectivity index (χ1v) is 7.88. The molecule has 0 aliphatic heterocycles. The second-order valence-electron chi connectivity index (χ2n) is 5.15. The van der Waals surface area contributed by atoms with Crippen molar-refractivity contribution in [3.8, 4) is 0 Å². The van der Waals surface area contributed by atoms with Gasteiger partial charge in [-0.1, -0.05) is 24.3 Å². The van der Waals surface area contributed by atoms with Crippen molar-refractivity contribution >= 4 is 17.3 Å². The van der Waals surface area contributed by atoms with Crippen LogP contribution in [-0.4, -0.2) is 13.1 Å². The van der Waals surface area contributed by atoms with E-state index >= 15 is 0 Å². The fourth-order valence-corrected chi connectivity index (χ4v) is 2.97. The van der Waals surface area contributed by atoms with E-state index in [1.165, 1.54) is 23.8 Å². The largest absolute Gasteiger partial charge is 0.469 e. The van der Waals surface area contributed by atoms with Crippen molar-refractivity contribution in [1.82, 2.24) is 5.32 Å². The highest BCUT2D eigenvalue weighted by atomic mass is 32.1. The maximum atomic E-state index is 11.6. The number of carbonyl (C=O) groups is 1. The van der Waals surface area contributed by atoms with Crippen LogP contribution in [0.25, 0.3) is 0 Å². The van der Waals surface area contributed by atoms with E-state index in [1.807, 2.05) is 17.5 Å². The van der Waals surface area contributed by atoms with Crippen LogP contribution in [0.4, 0.5) is 0 Å². The van der Waals surface area contributed by atoms with E-state index in [2.05, 4.69) is 37.4 Å². The number of nitrogens with one attached hydrogen (secondary N) is 1. The molecule has 0 saturated heterocycles. The van der Waals surface area contributed by atoms with E-state index in [0.29, 0.717) is 6.42 Å². The first-order chi connectivity index (χ1) is 10.1. The molecule has 1 N–H and O–H groups in total. The summed E-state index contributed by atoms with van der Waals surface area (Å²) in [5, 5.41) is 5.49. The summed E-state index contributed by atoms with van der Waals surface area (Å²) in [4.78, 5) is 12.7. The highest BCUT2D eigenvalue weighted by Crippen LogP contribution is 2.23. The smallest absolute Gasteiger partial charge is 0.307 e. The van der Waals surface area contributed by atoms with Crippen molar-refractivity contribution in [3.63, 3.8) is 0 Å². The normalized spacial score (nSPS) is 12.1. The molecule has 1 aromatic carbocycles. The lowest BCUT2D eigenvalue weighted by Crippen LogP contribution is -2.23. The van der Waals surface area contributed by atoms with Gasteiger partial charge in [-0.2, -0.15) is 0 Å². The molecular formula is C17H21NO2S. The third kappa shape index (κ3) is 4.41. The summed E-state index contributed by atoms with van der Waals surface area (Å²) in [5.41, 5.74) is 3.81. The number of methoxy groups -OCH3 is 1. The van der Waals surface area contributed by atoms with Crippen LogP contribution in [0.15, 0.2) is 35.7 Å². The molecule has 1 aromatic heterocycles. The maximum absolute atomic E-state index is 11.6. The molecule has 0 radical (unpaired) electrons. The summed E-state index contributed by atoms with van der Waals surface area (Å²) in [5.74, 6) is -0.194. The van der Waals surface area contributed by atoms with Crippen molar-refractivity contribution in [1.29, 1.82) is 0 Å². The van der Waals surface area contributed by atoms with Crippen molar-refractivity contribution in [2.24, 2.45) is 0 Å². The zero-order valence-electron chi connectivity index (χ0n) is 12.7. The Morgan fingerprint density at radius 3 is 2.71 bits per heavy atom. The van der Waals surface area contributed by atoms with Crippen LogP contribution < -0.4 is 5.32 Å². The Labute approximate surface area is 130 Å². The molecule has 0 spiro atoms. The molecule has 4 heteroatoms. The lowest BCUT2D eigenvalue weighted by Gasteiger charge is -2.17. The van der Waals surface area contributed by atoms with Crippen LogP contribution in [-0.2, 0) is 16.1 Å². The van der Waals surface area contributed by atoms with Gasteiger partial charge in [0.25, 0.3) is 0 Å². The van der Waals surface area contributed by atoms with Crippen LogP contribution in [0.5, 0.6) is 0 Å². The Morgan fingerprint density at radius 2 is 2.10 bits per heavy atom. The Hall–Kier alpha value is -1.65. The van der Waals surface area contributed by atoms with Crippen LogP contribution in [0.3, 0.4) is 0 Å². The summed E-state index contributed by atoms with van der Waals surface area (Å²) >= 11 is 1.65. The van der Waals surface area contributed by atoms with Gasteiger partial charge in [-0.3, -0.25) is 4.79 Å². The van der Waals surface area contributed by atoms with Crippen LogP contribution >= 0.6 is 11.3 Å². The van der Waals surface area contributed by atoms with Gasteiger partial charge in [0.2, 0.25) is 0 Å². The molecule has 2 aromatic rings. The molecular weight excluding hydrogens is 282 g/mol. The van der Waals surface area contributed by atoms with E-state index in [4.69, 9.17) is 4.74 Å². The Bertz CT molecular complexity index is 593. The zero-order chi connectivity index (χ0) is 15.2. The number of carbonyl (C=O) groups excluding carboxylic acids is 1. The molecule has 1 atom stereocenters. The topological polar surface area (TPSA) is 38.3 Å². The van der Waals surface area contributed by atoms with Crippen molar-refractivity contribution in [2.45, 2.75) is 32.9 Å². The predicted molar refractivity (Wildman–Crippen MR) is 86.4 cm³/mol. The molecule has 1 unspecified atom stereocenters. The van der Waals surface area contributed by atoms with Gasteiger partial charge in [0.15, 0.2) is 0 Å². The van der Waals surface area contributed by atoms with Crippen molar-refractivity contribution in [2.75, 3.05) is 7.11 Å². The predicted octanol–water partition coefficient (Wildman–Crippen LogP) is 3.76. The Balaban J connectivity index is 2.04. The van der Waals surface area contributed by atoms with Gasteiger partial charge < -0.3 is 10.1 Å². The van der Waals surface area contributed by atoms with E-state index < -0.39 is 0 Å². The maximum Gasteiger partial charge on any atom is 0.307 e. The summed E-state index contributed by atoms with van der Waals surface area (Å²) < 4.78 is 4.79. The number of hydrogen-bond acceptors (Lipinski definition) is 4. The second kappa shape index (κ2) is 7.38. The summed E-state index contributed by atoms with van der Waals surface area (Å²) in [6, 6.07) is 10.5. The molecule has 0 saturated carbocycles. The fraction of sp³-hybridized carbons (Fsp3) is 0.353. The van der Waals surface area contributed by atoms with E-state index in [-0.39, 0.29) is 12.0 Å². The van der Waals surface area contributed by atoms with Crippen molar-refractivity contribution in [3.05, 3.63) is 57.3 Å². The standard InChI is InChI=1S/C17H21NO2S/c1-12-6-7-14(9-13(12)2)11-18-15(10-17(19)20-3)16-5-4-8-21-16/h4-9,15,18H,10-11H2,1-3H3. The first kappa shape index (κ1) is 15.7. The minimum Gasteiger partial charge on any atom is -0.469 e. The number of ether oxygens (including phenoxy) is 1. The average Bonchev–Trinajstić information content (AvgIpc) is 3.00. The number of esters is 1. The number of aryl methyl sites for hydroxylation is 2. The highest BCUT2D eigenvalue weighted by molar-refractivity contribution is 7.10. The molecule has 3 nitrogen and oxygen atoms in total. The fourth-order valence-electron chi connectivity index (χ4n) is 2.17. The number of rotatable bonds is 6. The summed E-state index contributed by atoms with van der Waals surface area (Å²) in [6.45, 7) is 4.96. The Morgan fingerprint density at radius 1 is 1.29 bits per heavy atom. The third-order valence-corrected chi connectivity index (χ3v) is 4.59. The van der Waals surface area contributed by atoms with Gasteiger partial charge in [0, 0.05) is 11.4 Å². The van der Waals surface area contributed by atoms with Gasteiger partial charge in [0.1, 0.15) is 0 Å². The second-order valence-corrected chi connectivity index (χ2v) is 6.13. The highest BCUT2D eigenvalue weighted by Gasteiger charge is 2.17. The van der Waals surface area contributed by atoms with E-state index in [1.54, 1.807) is 11.3 Å². The molecule has 0 amide bonds. The van der Waals surface area contributed by atoms with Crippen LogP contribution in [0, 0.1) is 13.8 Å². The average molecular weight is 303 g/mol. The number of hydrogen-bond donors (Lipinski definition) is 1. The number of thiophene rings is 1. The quantitative estimate of drug-likeness (QED) is 0.826. The first-order valence-electron chi connectivity index (χ1n) is 7.00. The zero-order valence-corrected chi connectivity index (χ0v) is 13.5. The van der Waals surface area contributed by atoms with Gasteiger partial charge in [-0.05, 0) is 42.0 Å². The molecule has 0 aliphatic rings. The van der Waals surface area contributed by atoms with E-state index in [0.717, 1.165) is 11.4 Å². The molecule has 0 aliphatic carbocycles. The number of benzene rings is 1. The summed E-state index contributed by atoms with van der Waals surface area (Å²) in [6.07, 6.45) is 0.349. The van der Waals surface area contributed by atoms with Crippen LogP contribution in [0.2, 0.25) is 0 Å². The van der Waals surface area contributed by atoms with Crippen LogP contribution in [0.1, 0.15) is 34.0 Å².